The number of methoxy groups -OCH3 is 1. The van der Waals surface area contributed by atoms with Gasteiger partial charge >= 0.3 is 5.97 Å². The minimum Gasteiger partial charge on any atom is -0.497 e. The van der Waals surface area contributed by atoms with Gasteiger partial charge in [0.05, 0.1) is 35.4 Å². The third-order valence-corrected chi connectivity index (χ3v) is 9.47. The molecule has 2 heterocycles. The molecule has 3 aromatic rings. The number of likely N-dealkylation sites (N-methyl/N-ethyl adjacent to an activating group) is 1. The highest BCUT2D eigenvalue weighted by Gasteiger charge is 2.35. The van der Waals surface area contributed by atoms with Crippen LogP contribution in [0.5, 0.6) is 5.75 Å². The van der Waals surface area contributed by atoms with Crippen LogP contribution < -0.4 is 4.74 Å². The van der Waals surface area contributed by atoms with Crippen LogP contribution in [-0.2, 0) is 25.8 Å². The van der Waals surface area contributed by atoms with Crippen LogP contribution in [0.2, 0.25) is 0 Å². The molecular weight excluding hydrogens is 528 g/mol. The van der Waals surface area contributed by atoms with Gasteiger partial charge in [-0.15, -0.1) is 0 Å². The maximum Gasteiger partial charge on any atom is 0.339 e. The fourth-order valence-corrected chi connectivity index (χ4v) is 7.54. The fraction of sp³-hybridized carbons (Fsp3) is 0.387. The van der Waals surface area contributed by atoms with E-state index in [-0.39, 0.29) is 23.5 Å². The van der Waals surface area contributed by atoms with Crippen LogP contribution in [0.3, 0.4) is 0 Å². The Morgan fingerprint density at radius 3 is 2.52 bits per heavy atom. The normalized spacial score (nSPS) is 20.7. The molecule has 2 aliphatic rings. The van der Waals surface area contributed by atoms with E-state index in [4.69, 9.17) is 14.5 Å². The third-order valence-electron chi connectivity index (χ3n) is 7.72. The zero-order chi connectivity index (χ0) is 28.4. The molecule has 0 N–H and O–H groups in total. The van der Waals surface area contributed by atoms with Crippen molar-refractivity contribution in [2.75, 3.05) is 31.8 Å². The van der Waals surface area contributed by atoms with E-state index in [0.717, 1.165) is 34.6 Å². The van der Waals surface area contributed by atoms with Crippen molar-refractivity contribution >= 4 is 44.3 Å². The topological polar surface area (TPSA) is 103 Å². The van der Waals surface area contributed by atoms with Gasteiger partial charge in [0, 0.05) is 18.0 Å². The molecule has 1 aliphatic carbocycles. The average molecular weight is 563 g/mol. The number of allylic oxidation sites excluding steroid dienone is 1. The van der Waals surface area contributed by atoms with E-state index in [1.165, 1.54) is 4.90 Å². The standard InChI is InChI=1S/C31H34N2O6S/c1-4-33(23-13-14-40(36,37)19-23)28(34)18-39-31(35)29-25-7-5-6-8-27(25)32-30-22(15-20(2)16-26(29)30)17-21-9-11-24(38-3)12-10-21/h5-12,17,20,23H,4,13-16,18-19H2,1-3H3/b22-17-/t20-,23-/m1/s1. The lowest BCUT2D eigenvalue weighted by Gasteiger charge is -2.28. The van der Waals surface area contributed by atoms with Gasteiger partial charge in [-0.05, 0) is 73.1 Å². The van der Waals surface area contributed by atoms with Gasteiger partial charge in [0.25, 0.3) is 5.91 Å². The Labute approximate surface area is 234 Å². The molecule has 1 aliphatic heterocycles. The molecule has 0 radical (unpaired) electrons. The van der Waals surface area contributed by atoms with Crippen LogP contribution in [0.15, 0.2) is 48.5 Å². The van der Waals surface area contributed by atoms with E-state index >= 15 is 0 Å². The van der Waals surface area contributed by atoms with Crippen molar-refractivity contribution in [3.8, 4) is 5.75 Å². The van der Waals surface area contributed by atoms with Crippen LogP contribution >= 0.6 is 0 Å². The highest BCUT2D eigenvalue weighted by Crippen LogP contribution is 2.39. The van der Waals surface area contributed by atoms with E-state index in [9.17, 15) is 18.0 Å². The van der Waals surface area contributed by atoms with Crippen LogP contribution in [0.25, 0.3) is 22.6 Å². The molecule has 8 nitrogen and oxygen atoms in total. The molecule has 0 bridgehead atoms. The van der Waals surface area contributed by atoms with Crippen LogP contribution in [0, 0.1) is 5.92 Å². The number of carbonyl (C=O) groups excluding carboxylic acids is 2. The summed E-state index contributed by atoms with van der Waals surface area (Å²) >= 11 is 0. The molecule has 0 saturated carbocycles. The van der Waals surface area contributed by atoms with E-state index in [1.807, 2.05) is 48.5 Å². The maximum absolute atomic E-state index is 13.7. The van der Waals surface area contributed by atoms with Crippen LogP contribution in [0.1, 0.15) is 53.9 Å². The fourth-order valence-electron chi connectivity index (χ4n) is 5.81. The van der Waals surface area contributed by atoms with Crippen molar-refractivity contribution < 1.29 is 27.5 Å². The van der Waals surface area contributed by atoms with E-state index < -0.39 is 28.3 Å². The second kappa shape index (κ2) is 11.4. The molecule has 2 atom stereocenters. The number of aromatic nitrogens is 1. The molecule has 9 heteroatoms. The molecule has 210 valence electrons. The van der Waals surface area contributed by atoms with Gasteiger partial charge in [-0.1, -0.05) is 37.3 Å². The largest absolute Gasteiger partial charge is 0.497 e. The number of pyridine rings is 1. The van der Waals surface area contributed by atoms with Crippen molar-refractivity contribution in [2.45, 2.75) is 39.2 Å². The summed E-state index contributed by atoms with van der Waals surface area (Å²) in [6.45, 7) is 3.85. The molecule has 40 heavy (non-hydrogen) atoms. The Morgan fingerprint density at radius 1 is 1.10 bits per heavy atom. The molecule has 1 amide bonds. The monoisotopic (exact) mass is 562 g/mol. The van der Waals surface area contributed by atoms with Crippen molar-refractivity contribution in [3.63, 3.8) is 0 Å². The molecule has 1 fully saturated rings. The Balaban J connectivity index is 1.47. The number of para-hydroxylation sites is 1. The number of esters is 1. The molecule has 5 rings (SSSR count). The second-order valence-corrected chi connectivity index (χ2v) is 12.8. The van der Waals surface area contributed by atoms with Gasteiger partial charge in [-0.2, -0.15) is 0 Å². The maximum atomic E-state index is 13.7. The molecule has 1 aromatic heterocycles. The molecule has 2 aromatic carbocycles. The van der Waals surface area contributed by atoms with Crippen molar-refractivity contribution in [2.24, 2.45) is 5.92 Å². The van der Waals surface area contributed by atoms with Gasteiger partial charge in [0.1, 0.15) is 5.75 Å². The minimum atomic E-state index is -3.15. The van der Waals surface area contributed by atoms with Gasteiger partial charge in [-0.3, -0.25) is 4.79 Å². The van der Waals surface area contributed by atoms with Crippen LogP contribution in [0.4, 0.5) is 0 Å². The number of rotatable bonds is 7. The smallest absolute Gasteiger partial charge is 0.339 e. The summed E-state index contributed by atoms with van der Waals surface area (Å²) in [4.78, 5) is 33.2. The van der Waals surface area contributed by atoms with Crippen LogP contribution in [-0.4, -0.2) is 68.0 Å². The summed E-state index contributed by atoms with van der Waals surface area (Å²) in [6.07, 6.45) is 3.97. The number of carbonyl (C=O) groups is 2. The first kappa shape index (κ1) is 27.8. The highest BCUT2D eigenvalue weighted by atomic mass is 32.2. The number of ether oxygens (including phenoxy) is 2. The Bertz CT molecular complexity index is 1580. The van der Waals surface area contributed by atoms with Gasteiger partial charge in [0.15, 0.2) is 16.4 Å². The first-order valence-corrected chi connectivity index (χ1v) is 15.4. The zero-order valence-electron chi connectivity index (χ0n) is 23.1. The summed E-state index contributed by atoms with van der Waals surface area (Å²) in [7, 11) is -1.52. The van der Waals surface area contributed by atoms with Crippen molar-refractivity contribution in [1.29, 1.82) is 0 Å². The number of sulfone groups is 1. The Hall–Kier alpha value is -3.72. The molecule has 1 saturated heterocycles. The first-order valence-electron chi connectivity index (χ1n) is 13.6. The second-order valence-electron chi connectivity index (χ2n) is 10.6. The van der Waals surface area contributed by atoms with E-state index in [0.29, 0.717) is 35.9 Å². The lowest BCUT2D eigenvalue weighted by molar-refractivity contribution is -0.136. The predicted octanol–water partition coefficient (Wildman–Crippen LogP) is 4.56. The third kappa shape index (κ3) is 5.75. The number of hydrogen-bond acceptors (Lipinski definition) is 7. The number of benzene rings is 2. The highest BCUT2D eigenvalue weighted by molar-refractivity contribution is 7.91. The van der Waals surface area contributed by atoms with Crippen molar-refractivity contribution in [3.05, 3.63) is 70.9 Å². The number of nitrogens with zero attached hydrogens (tertiary/aromatic N) is 2. The first-order chi connectivity index (χ1) is 19.2. The quantitative estimate of drug-likeness (QED) is 0.389. The lowest BCUT2D eigenvalue weighted by atomic mass is 9.80. The average Bonchev–Trinajstić information content (AvgIpc) is 3.30. The van der Waals surface area contributed by atoms with E-state index in [1.54, 1.807) is 14.0 Å². The van der Waals surface area contributed by atoms with Gasteiger partial charge < -0.3 is 14.4 Å². The predicted molar refractivity (Wildman–Crippen MR) is 155 cm³/mol. The number of hydrogen-bond donors (Lipinski definition) is 0. The SMILES string of the molecule is CCN(C(=O)COC(=O)c1c2c(nc3ccccc13)/C(=C\c1ccc(OC)cc1)C[C@@H](C)C2)[C@@H]1CCS(=O)(=O)C1. The molecular formula is C31H34N2O6S. The lowest BCUT2D eigenvalue weighted by Crippen LogP contribution is -2.43. The molecule has 0 unspecified atom stereocenters. The van der Waals surface area contributed by atoms with E-state index in [2.05, 4.69) is 13.0 Å². The minimum absolute atomic E-state index is 0.0514. The van der Waals surface area contributed by atoms with Gasteiger partial charge in [-0.25, -0.2) is 18.2 Å². The summed E-state index contributed by atoms with van der Waals surface area (Å²) in [5, 5.41) is 0.686. The molecule has 0 spiro atoms. The van der Waals surface area contributed by atoms with Gasteiger partial charge in [0.2, 0.25) is 0 Å². The summed E-state index contributed by atoms with van der Waals surface area (Å²) < 4.78 is 34.8. The number of fused-ring (bicyclic) bond motifs is 2. The number of amides is 1. The summed E-state index contributed by atoms with van der Waals surface area (Å²) in [5.41, 5.74) is 4.76. The zero-order valence-corrected chi connectivity index (χ0v) is 23.9. The Kier molecular flexibility index (Phi) is 7.94. The summed E-state index contributed by atoms with van der Waals surface area (Å²) in [5.74, 6) is 0.104. The van der Waals surface area contributed by atoms with Crippen molar-refractivity contribution in [1.82, 2.24) is 9.88 Å². The summed E-state index contributed by atoms with van der Waals surface area (Å²) in [6, 6.07) is 14.9. The Morgan fingerprint density at radius 2 is 1.85 bits per heavy atom.